The molecule has 0 aliphatic heterocycles. The van der Waals surface area contributed by atoms with E-state index in [2.05, 4.69) is 10.4 Å². The molecule has 3 rings (SSSR count). The summed E-state index contributed by atoms with van der Waals surface area (Å²) < 4.78 is 1.44. The van der Waals surface area contributed by atoms with Crippen molar-refractivity contribution in [2.45, 2.75) is 0 Å². The van der Waals surface area contributed by atoms with Crippen LogP contribution in [-0.4, -0.2) is 20.5 Å². The number of nitrogens with zero attached hydrogens (tertiary/aromatic N) is 3. The van der Waals surface area contributed by atoms with Crippen molar-refractivity contribution in [1.29, 1.82) is 0 Å². The van der Waals surface area contributed by atoms with E-state index in [0.717, 1.165) is 5.52 Å². The molecule has 1 N–H and O–H groups in total. The van der Waals surface area contributed by atoms with Gasteiger partial charge < -0.3 is 0 Å². The molecule has 0 bridgehead atoms. The number of hydrogen-bond donors (Lipinski definition) is 1. The quantitative estimate of drug-likeness (QED) is 0.589. The van der Waals surface area contributed by atoms with Crippen LogP contribution in [0.4, 0.5) is 5.69 Å². The van der Waals surface area contributed by atoms with Crippen LogP contribution < -0.4 is 5.43 Å². The minimum absolute atomic E-state index is 0.000260. The zero-order chi connectivity index (χ0) is 14.8. The lowest BCUT2D eigenvalue weighted by atomic mass is 10.2. The van der Waals surface area contributed by atoms with Gasteiger partial charge in [-0.05, 0) is 18.2 Å². The molecule has 7 nitrogen and oxygen atoms in total. The minimum Gasteiger partial charge on any atom is -0.267 e. The molecule has 2 aromatic carbocycles. The van der Waals surface area contributed by atoms with Gasteiger partial charge >= 0.3 is 0 Å². The highest BCUT2D eigenvalue weighted by molar-refractivity contribution is 6.03. The van der Waals surface area contributed by atoms with Gasteiger partial charge in [0.05, 0.1) is 16.0 Å². The average Bonchev–Trinajstić information content (AvgIpc) is 2.90. The zero-order valence-corrected chi connectivity index (χ0v) is 10.8. The van der Waals surface area contributed by atoms with Gasteiger partial charge in [0, 0.05) is 6.07 Å². The SMILES string of the molecule is O=C(Nn1cnc2ccccc21)c1ccccc1[N+](=O)[O-]. The number of benzene rings is 2. The van der Waals surface area contributed by atoms with Crippen LogP contribution in [0, 0.1) is 10.1 Å². The third kappa shape index (κ3) is 2.32. The second-order valence-electron chi connectivity index (χ2n) is 4.32. The smallest absolute Gasteiger partial charge is 0.267 e. The van der Waals surface area contributed by atoms with Crippen molar-refractivity contribution in [3.8, 4) is 0 Å². The first kappa shape index (κ1) is 12.8. The number of imidazole rings is 1. The molecule has 1 heterocycles. The number of fused-ring (bicyclic) bond motifs is 1. The van der Waals surface area contributed by atoms with Gasteiger partial charge in [0.2, 0.25) is 0 Å². The summed E-state index contributed by atoms with van der Waals surface area (Å²) >= 11 is 0. The van der Waals surface area contributed by atoms with Gasteiger partial charge in [-0.2, -0.15) is 0 Å². The first-order valence-electron chi connectivity index (χ1n) is 6.13. The Hall–Kier alpha value is -3.22. The second kappa shape index (κ2) is 5.04. The van der Waals surface area contributed by atoms with Gasteiger partial charge in [-0.25, -0.2) is 9.66 Å². The van der Waals surface area contributed by atoms with E-state index in [0.29, 0.717) is 5.52 Å². The van der Waals surface area contributed by atoms with Gasteiger partial charge in [-0.3, -0.25) is 20.3 Å². The predicted molar refractivity (Wildman–Crippen MR) is 76.5 cm³/mol. The van der Waals surface area contributed by atoms with Crippen molar-refractivity contribution < 1.29 is 9.72 Å². The molecule has 0 radical (unpaired) electrons. The summed E-state index contributed by atoms with van der Waals surface area (Å²) in [4.78, 5) is 26.7. The van der Waals surface area contributed by atoms with Crippen LogP contribution in [0.1, 0.15) is 10.4 Å². The lowest BCUT2D eigenvalue weighted by Crippen LogP contribution is -2.22. The van der Waals surface area contributed by atoms with Crippen LogP contribution in [0.3, 0.4) is 0 Å². The zero-order valence-electron chi connectivity index (χ0n) is 10.8. The van der Waals surface area contributed by atoms with E-state index in [1.54, 1.807) is 12.1 Å². The number of aromatic nitrogens is 2. The largest absolute Gasteiger partial charge is 0.282 e. The average molecular weight is 282 g/mol. The Morgan fingerprint density at radius 2 is 1.86 bits per heavy atom. The van der Waals surface area contributed by atoms with Crippen LogP contribution in [0.2, 0.25) is 0 Å². The fourth-order valence-corrected chi connectivity index (χ4v) is 2.04. The molecule has 0 aliphatic carbocycles. The van der Waals surface area contributed by atoms with E-state index < -0.39 is 10.8 Å². The van der Waals surface area contributed by atoms with E-state index in [-0.39, 0.29) is 11.3 Å². The Bertz CT molecular complexity index is 841. The molecule has 1 amide bonds. The van der Waals surface area contributed by atoms with Crippen LogP contribution in [0.5, 0.6) is 0 Å². The van der Waals surface area contributed by atoms with Crippen LogP contribution in [-0.2, 0) is 0 Å². The van der Waals surface area contributed by atoms with Crippen molar-refractivity contribution >= 4 is 22.6 Å². The topological polar surface area (TPSA) is 90.1 Å². The molecular weight excluding hydrogens is 272 g/mol. The van der Waals surface area contributed by atoms with E-state index in [9.17, 15) is 14.9 Å². The Morgan fingerprint density at radius 1 is 1.14 bits per heavy atom. The summed E-state index contributed by atoms with van der Waals surface area (Å²) in [5.74, 6) is -0.564. The molecular formula is C14H10N4O3. The maximum Gasteiger partial charge on any atom is 0.282 e. The van der Waals surface area contributed by atoms with Crippen molar-refractivity contribution in [3.05, 3.63) is 70.5 Å². The second-order valence-corrected chi connectivity index (χ2v) is 4.32. The molecule has 0 atom stereocenters. The summed E-state index contributed by atoms with van der Waals surface area (Å²) in [5, 5.41) is 10.9. The van der Waals surface area contributed by atoms with Crippen molar-refractivity contribution in [2.75, 3.05) is 5.43 Å². The highest BCUT2D eigenvalue weighted by Crippen LogP contribution is 2.18. The third-order valence-electron chi connectivity index (χ3n) is 3.02. The number of nitro groups is 1. The van der Waals surface area contributed by atoms with Crippen molar-refractivity contribution in [2.24, 2.45) is 0 Å². The molecule has 1 aromatic heterocycles. The third-order valence-corrected chi connectivity index (χ3v) is 3.02. The first-order valence-corrected chi connectivity index (χ1v) is 6.13. The minimum atomic E-state index is -0.582. The molecule has 7 heteroatoms. The van der Waals surface area contributed by atoms with Gasteiger partial charge in [0.25, 0.3) is 11.6 Å². The fourth-order valence-electron chi connectivity index (χ4n) is 2.04. The number of nitro benzene ring substituents is 1. The molecule has 0 unspecified atom stereocenters. The first-order chi connectivity index (χ1) is 10.2. The molecule has 0 aliphatic rings. The number of nitrogens with one attached hydrogen (secondary N) is 1. The summed E-state index contributed by atoms with van der Waals surface area (Å²) in [7, 11) is 0. The summed E-state index contributed by atoms with van der Waals surface area (Å²) in [6, 6.07) is 13.1. The Balaban J connectivity index is 1.95. The van der Waals surface area contributed by atoms with E-state index in [1.165, 1.54) is 29.2 Å². The van der Waals surface area contributed by atoms with Gasteiger partial charge in [-0.15, -0.1) is 0 Å². The molecule has 21 heavy (non-hydrogen) atoms. The standard InChI is InChI=1S/C14H10N4O3/c19-14(10-5-1-3-7-12(10)18(20)21)16-17-9-15-11-6-2-4-8-13(11)17/h1-9H,(H,16,19). The number of carbonyl (C=O) groups is 1. The number of para-hydroxylation sites is 3. The lowest BCUT2D eigenvalue weighted by Gasteiger charge is -2.07. The Morgan fingerprint density at radius 3 is 2.67 bits per heavy atom. The molecule has 0 spiro atoms. The molecule has 104 valence electrons. The summed E-state index contributed by atoms with van der Waals surface area (Å²) in [5.41, 5.74) is 3.79. The van der Waals surface area contributed by atoms with E-state index >= 15 is 0 Å². The predicted octanol–water partition coefficient (Wildman–Crippen LogP) is 2.33. The lowest BCUT2D eigenvalue weighted by molar-refractivity contribution is -0.385. The highest BCUT2D eigenvalue weighted by Gasteiger charge is 2.19. The maximum absolute atomic E-state index is 12.2. The normalized spacial score (nSPS) is 10.5. The number of rotatable bonds is 3. The molecule has 0 fully saturated rings. The highest BCUT2D eigenvalue weighted by atomic mass is 16.6. The van der Waals surface area contributed by atoms with Crippen LogP contribution in [0.15, 0.2) is 54.9 Å². The van der Waals surface area contributed by atoms with Gasteiger partial charge in [-0.1, -0.05) is 24.3 Å². The van der Waals surface area contributed by atoms with Gasteiger partial charge in [0.1, 0.15) is 11.9 Å². The number of amides is 1. The number of carbonyl (C=O) groups excluding carboxylic acids is 1. The van der Waals surface area contributed by atoms with Crippen LogP contribution in [0.25, 0.3) is 11.0 Å². The van der Waals surface area contributed by atoms with Crippen molar-refractivity contribution in [1.82, 2.24) is 9.66 Å². The number of hydrogen-bond acceptors (Lipinski definition) is 4. The van der Waals surface area contributed by atoms with Gasteiger partial charge in [0.15, 0.2) is 0 Å². The van der Waals surface area contributed by atoms with E-state index in [1.807, 2.05) is 18.2 Å². The summed E-state index contributed by atoms with van der Waals surface area (Å²) in [6.07, 6.45) is 1.46. The van der Waals surface area contributed by atoms with Crippen molar-refractivity contribution in [3.63, 3.8) is 0 Å². The molecule has 0 saturated carbocycles. The Kier molecular flexibility index (Phi) is 3.07. The maximum atomic E-state index is 12.2. The monoisotopic (exact) mass is 282 g/mol. The summed E-state index contributed by atoms with van der Waals surface area (Å²) in [6.45, 7) is 0. The molecule has 3 aromatic rings. The Labute approximate surface area is 119 Å². The van der Waals surface area contributed by atoms with E-state index in [4.69, 9.17) is 0 Å². The molecule has 0 saturated heterocycles. The van der Waals surface area contributed by atoms with Crippen LogP contribution >= 0.6 is 0 Å². The fraction of sp³-hybridized carbons (Fsp3) is 0.